The second kappa shape index (κ2) is 31.5. The maximum absolute atomic E-state index is 13.1. The lowest BCUT2D eigenvalue weighted by molar-refractivity contribution is -0.385. The van der Waals surface area contributed by atoms with Crippen LogP contribution in [0.3, 0.4) is 0 Å². The van der Waals surface area contributed by atoms with Crippen LogP contribution >= 0.6 is 0 Å². The lowest BCUT2D eigenvalue weighted by Gasteiger charge is -2.39. The first kappa shape index (κ1) is 58.5. The van der Waals surface area contributed by atoms with Crippen molar-refractivity contribution in [1.29, 1.82) is 0 Å². The fourth-order valence-corrected chi connectivity index (χ4v) is 10.4. The molecule has 378 valence electrons. The number of hydroxylamine groups is 2. The molecule has 0 aliphatic carbocycles. The number of benzene rings is 1. The van der Waals surface area contributed by atoms with Crippen molar-refractivity contribution in [2.24, 2.45) is 16.2 Å². The lowest BCUT2D eigenvalue weighted by atomic mass is 9.76. The standard InChI is InChI=1S/C53H90N2O11/c1-10-27-51(16-7,38-63-40-53(31-14-5,32-15-6)41-64-39-52(28-11-2,29-12-3)30-13-4)33-21-19-17-18-20-23-43(56)35-42(8)44-36-46(62-9)47(37-45(44)55(60)61)65-34-22-24-50(59)66-54-48(57)25-26-49(54)58/h36-37,42H,10-35,38-41H2,1-9H3. The van der Waals surface area contributed by atoms with E-state index in [-0.39, 0.29) is 72.5 Å². The molecule has 2 unspecified atom stereocenters. The number of rotatable bonds is 40. The molecule has 66 heavy (non-hydrogen) atoms. The van der Waals surface area contributed by atoms with E-state index in [9.17, 15) is 29.3 Å². The van der Waals surface area contributed by atoms with E-state index < -0.39 is 28.6 Å². The molecule has 0 radical (unpaired) electrons. The van der Waals surface area contributed by atoms with Gasteiger partial charge in [0.2, 0.25) is 0 Å². The van der Waals surface area contributed by atoms with E-state index in [1.807, 2.05) is 6.92 Å². The number of hydrogen-bond donors (Lipinski definition) is 0. The highest BCUT2D eigenvalue weighted by molar-refractivity contribution is 6.01. The molecule has 0 saturated carbocycles. The van der Waals surface area contributed by atoms with Crippen molar-refractivity contribution < 1.29 is 47.9 Å². The van der Waals surface area contributed by atoms with Crippen molar-refractivity contribution in [3.63, 3.8) is 0 Å². The minimum atomic E-state index is -0.761. The average molecular weight is 931 g/mol. The van der Waals surface area contributed by atoms with Crippen LogP contribution in [-0.4, -0.2) is 73.7 Å². The molecule has 0 bridgehead atoms. The molecule has 2 amide bonds. The van der Waals surface area contributed by atoms with Crippen molar-refractivity contribution >= 4 is 29.3 Å². The number of ether oxygens (including phenoxy) is 4. The summed E-state index contributed by atoms with van der Waals surface area (Å²) in [6, 6.07) is 2.84. The zero-order valence-electron chi connectivity index (χ0n) is 42.8. The highest BCUT2D eigenvalue weighted by atomic mass is 16.7. The van der Waals surface area contributed by atoms with E-state index in [0.29, 0.717) is 22.5 Å². The van der Waals surface area contributed by atoms with Gasteiger partial charge in [0.15, 0.2) is 11.5 Å². The Morgan fingerprint density at radius 3 is 1.70 bits per heavy atom. The molecule has 0 spiro atoms. The van der Waals surface area contributed by atoms with Crippen LogP contribution in [0.25, 0.3) is 0 Å². The first-order chi connectivity index (χ1) is 31.7. The quantitative estimate of drug-likeness (QED) is 0.0266. The Bertz CT molecular complexity index is 1580. The minimum absolute atomic E-state index is 0.00197. The van der Waals surface area contributed by atoms with Gasteiger partial charge in [-0.05, 0) is 87.0 Å². The van der Waals surface area contributed by atoms with Crippen LogP contribution in [0.2, 0.25) is 0 Å². The fraction of sp³-hybridized carbons (Fsp3) is 0.811. The summed E-state index contributed by atoms with van der Waals surface area (Å²) in [4.78, 5) is 65.2. The molecule has 2 rings (SSSR count). The van der Waals surface area contributed by atoms with Gasteiger partial charge in [-0.25, -0.2) is 4.79 Å². The molecule has 0 N–H and O–H groups in total. The molecule has 13 nitrogen and oxygen atoms in total. The van der Waals surface area contributed by atoms with E-state index in [2.05, 4.69) is 48.5 Å². The highest BCUT2D eigenvalue weighted by Gasteiger charge is 2.36. The number of carbonyl (C=O) groups excluding carboxylic acids is 4. The molecule has 13 heteroatoms. The predicted octanol–water partition coefficient (Wildman–Crippen LogP) is 13.4. The van der Waals surface area contributed by atoms with E-state index >= 15 is 0 Å². The van der Waals surface area contributed by atoms with E-state index in [4.69, 9.17) is 23.8 Å². The van der Waals surface area contributed by atoms with Gasteiger partial charge in [0.05, 0.1) is 57.6 Å². The Hall–Kier alpha value is -3.58. The van der Waals surface area contributed by atoms with Gasteiger partial charge in [-0.3, -0.25) is 24.5 Å². The van der Waals surface area contributed by atoms with Crippen molar-refractivity contribution in [3.8, 4) is 11.5 Å². The first-order valence-corrected chi connectivity index (χ1v) is 25.9. The van der Waals surface area contributed by atoms with Gasteiger partial charge >= 0.3 is 5.97 Å². The third-order valence-corrected chi connectivity index (χ3v) is 13.8. The number of ketones is 1. The minimum Gasteiger partial charge on any atom is -0.493 e. The monoisotopic (exact) mass is 931 g/mol. The number of imide groups is 1. The van der Waals surface area contributed by atoms with Gasteiger partial charge in [-0.1, -0.05) is 120 Å². The molecular formula is C53H90N2O11. The van der Waals surface area contributed by atoms with Crippen LogP contribution in [0.4, 0.5) is 5.69 Å². The van der Waals surface area contributed by atoms with Crippen molar-refractivity contribution in [2.45, 2.75) is 222 Å². The summed E-state index contributed by atoms with van der Waals surface area (Å²) in [7, 11) is 1.43. The van der Waals surface area contributed by atoms with E-state index in [0.717, 1.165) is 110 Å². The third-order valence-electron chi connectivity index (χ3n) is 13.8. The SMILES string of the molecule is CCCC(CC)(CCCCCCCC(=O)CC(C)c1cc(OC)c(OCCCC(=O)ON2C(=O)CCC2=O)cc1[N+](=O)[O-])COCC(CCC)(CCC)COCC(CCC)(CCC)CCC. The van der Waals surface area contributed by atoms with Crippen LogP contribution in [-0.2, 0) is 33.5 Å². The summed E-state index contributed by atoms with van der Waals surface area (Å²) in [6.07, 6.45) is 22.0. The third kappa shape index (κ3) is 19.6. The summed E-state index contributed by atoms with van der Waals surface area (Å²) in [5.74, 6) is -1.83. The average Bonchev–Trinajstić information content (AvgIpc) is 3.59. The van der Waals surface area contributed by atoms with Gasteiger partial charge in [-0.15, -0.1) is 5.06 Å². The van der Waals surface area contributed by atoms with Crippen LogP contribution < -0.4 is 9.47 Å². The van der Waals surface area contributed by atoms with Crippen LogP contribution in [0.5, 0.6) is 11.5 Å². The molecule has 0 aromatic heterocycles. The number of unbranched alkanes of at least 4 members (excludes halogenated alkanes) is 4. The topological polar surface area (TPSA) is 161 Å². The Labute approximate surface area is 398 Å². The van der Waals surface area contributed by atoms with Crippen LogP contribution in [0, 0.1) is 26.4 Å². The van der Waals surface area contributed by atoms with Gasteiger partial charge in [0.1, 0.15) is 5.78 Å². The summed E-state index contributed by atoms with van der Waals surface area (Å²) < 4.78 is 24.8. The largest absolute Gasteiger partial charge is 0.493 e. The first-order valence-electron chi connectivity index (χ1n) is 25.9. The molecule has 1 aromatic rings. The molecular weight excluding hydrogens is 841 g/mol. The summed E-state index contributed by atoms with van der Waals surface area (Å²) in [5, 5.41) is 12.7. The van der Waals surface area contributed by atoms with Crippen molar-refractivity contribution in [2.75, 3.05) is 40.1 Å². The zero-order valence-corrected chi connectivity index (χ0v) is 42.8. The number of methoxy groups -OCH3 is 1. The fourth-order valence-electron chi connectivity index (χ4n) is 10.4. The molecule has 1 saturated heterocycles. The molecule has 1 aromatic carbocycles. The molecule has 2 atom stereocenters. The van der Waals surface area contributed by atoms with E-state index in [1.165, 1.54) is 51.7 Å². The summed E-state index contributed by atoms with van der Waals surface area (Å²) in [6.45, 7) is 21.1. The van der Waals surface area contributed by atoms with Gasteiger partial charge in [0, 0.05) is 36.7 Å². The predicted molar refractivity (Wildman–Crippen MR) is 261 cm³/mol. The van der Waals surface area contributed by atoms with Crippen molar-refractivity contribution in [3.05, 3.63) is 27.8 Å². The van der Waals surface area contributed by atoms with Gasteiger partial charge < -0.3 is 23.8 Å². The molecule has 1 fully saturated rings. The van der Waals surface area contributed by atoms with Crippen LogP contribution in [0.15, 0.2) is 12.1 Å². The maximum atomic E-state index is 13.1. The van der Waals surface area contributed by atoms with Gasteiger partial charge in [-0.2, -0.15) is 0 Å². The zero-order chi connectivity index (χ0) is 49.0. The normalized spacial score (nSPS) is 14.7. The summed E-state index contributed by atoms with van der Waals surface area (Å²) >= 11 is 0. The second-order valence-corrected chi connectivity index (χ2v) is 19.6. The maximum Gasteiger partial charge on any atom is 0.333 e. The lowest BCUT2D eigenvalue weighted by Crippen LogP contribution is -2.37. The smallest absolute Gasteiger partial charge is 0.333 e. The molecule has 1 aliphatic heterocycles. The van der Waals surface area contributed by atoms with Crippen LogP contribution in [0.1, 0.15) is 227 Å². The molecule has 1 aliphatic rings. The number of nitro benzene ring substituents is 1. The van der Waals surface area contributed by atoms with E-state index in [1.54, 1.807) is 6.07 Å². The highest BCUT2D eigenvalue weighted by Crippen LogP contribution is 2.41. The van der Waals surface area contributed by atoms with Gasteiger partial charge in [0.25, 0.3) is 17.5 Å². The second-order valence-electron chi connectivity index (χ2n) is 19.6. The number of nitrogens with zero attached hydrogens (tertiary/aromatic N) is 2. The number of hydrogen-bond acceptors (Lipinski definition) is 11. The Morgan fingerprint density at radius 2 is 1.17 bits per heavy atom. The number of Topliss-reactive ketones (excluding diaryl/α,β-unsaturated/α-hetero) is 1. The Kier molecular flexibility index (Phi) is 27.9. The number of amides is 2. The number of carbonyl (C=O) groups is 4. The summed E-state index contributed by atoms with van der Waals surface area (Å²) in [5.41, 5.74) is 0.708. The molecule has 1 heterocycles. The van der Waals surface area contributed by atoms with Crippen molar-refractivity contribution in [1.82, 2.24) is 5.06 Å². The Balaban J connectivity index is 1.88. The number of nitro groups is 1. The Morgan fingerprint density at radius 1 is 0.667 bits per heavy atom.